The Balaban J connectivity index is 1.23. The van der Waals surface area contributed by atoms with Gasteiger partial charge in [0.2, 0.25) is 11.8 Å². The normalized spacial score (nSPS) is 20.0. The zero-order chi connectivity index (χ0) is 20.1. The molecule has 0 bridgehead atoms. The number of amides is 1. The number of nitrogens with zero attached hydrogens (tertiary/aromatic N) is 4. The van der Waals surface area contributed by atoms with Crippen molar-refractivity contribution in [3.05, 3.63) is 47.6 Å². The van der Waals surface area contributed by atoms with E-state index in [1.54, 1.807) is 0 Å². The number of hydrogen-bond donors (Lipinski definition) is 1. The van der Waals surface area contributed by atoms with Gasteiger partial charge in [0.05, 0.1) is 12.6 Å². The van der Waals surface area contributed by atoms with Crippen LogP contribution in [0.15, 0.2) is 34.9 Å². The molecule has 29 heavy (non-hydrogen) atoms. The molecule has 156 valence electrons. The van der Waals surface area contributed by atoms with E-state index in [1.165, 1.54) is 18.4 Å². The van der Waals surface area contributed by atoms with E-state index >= 15 is 0 Å². The van der Waals surface area contributed by atoms with E-state index in [1.807, 2.05) is 18.2 Å². The minimum absolute atomic E-state index is 0.0847. The van der Waals surface area contributed by atoms with Gasteiger partial charge >= 0.3 is 0 Å². The summed E-state index contributed by atoms with van der Waals surface area (Å²) in [4.78, 5) is 21.5. The van der Waals surface area contributed by atoms with Crippen molar-refractivity contribution >= 4 is 5.91 Å². The predicted molar refractivity (Wildman–Crippen MR) is 110 cm³/mol. The summed E-state index contributed by atoms with van der Waals surface area (Å²) in [6.07, 6.45) is 5.43. The number of piperazine rings is 1. The van der Waals surface area contributed by atoms with Gasteiger partial charge in [0.15, 0.2) is 5.82 Å². The second-order valence-corrected chi connectivity index (χ2v) is 8.25. The van der Waals surface area contributed by atoms with Crippen LogP contribution in [0.1, 0.15) is 55.9 Å². The summed E-state index contributed by atoms with van der Waals surface area (Å²) < 4.78 is 5.54. The molecule has 7 nitrogen and oxygen atoms in total. The molecule has 1 aromatic carbocycles. The first kappa shape index (κ1) is 20.0. The van der Waals surface area contributed by atoms with Crippen molar-refractivity contribution in [3.63, 3.8) is 0 Å². The first-order chi connectivity index (χ1) is 14.2. The maximum absolute atomic E-state index is 12.3. The maximum Gasteiger partial charge on any atom is 0.243 e. The van der Waals surface area contributed by atoms with E-state index in [0.717, 1.165) is 44.8 Å². The lowest BCUT2D eigenvalue weighted by molar-refractivity contribution is -0.123. The minimum Gasteiger partial charge on any atom is -0.352 e. The van der Waals surface area contributed by atoms with Gasteiger partial charge in [-0.2, -0.15) is 4.98 Å². The molecule has 2 fully saturated rings. The zero-order valence-corrected chi connectivity index (χ0v) is 17.2. The molecule has 1 saturated carbocycles. The minimum atomic E-state index is 0.0847. The molecule has 1 aliphatic heterocycles. The van der Waals surface area contributed by atoms with Crippen LogP contribution in [-0.4, -0.2) is 64.6 Å². The lowest BCUT2D eigenvalue weighted by Crippen LogP contribution is -2.50. The topological polar surface area (TPSA) is 74.5 Å². The van der Waals surface area contributed by atoms with Crippen molar-refractivity contribution in [1.82, 2.24) is 25.3 Å². The number of carbonyl (C=O) groups excluding carboxylic acids is 1. The number of benzene rings is 1. The predicted octanol–water partition coefficient (Wildman–Crippen LogP) is 2.40. The van der Waals surface area contributed by atoms with Crippen molar-refractivity contribution in [2.45, 2.75) is 51.1 Å². The van der Waals surface area contributed by atoms with E-state index in [4.69, 9.17) is 4.52 Å². The van der Waals surface area contributed by atoms with Gasteiger partial charge in [-0.15, -0.1) is 0 Å². The Morgan fingerprint density at radius 1 is 1.17 bits per heavy atom. The van der Waals surface area contributed by atoms with Gasteiger partial charge in [0.1, 0.15) is 0 Å². The maximum atomic E-state index is 12.3. The third-order valence-electron chi connectivity index (χ3n) is 6.09. The summed E-state index contributed by atoms with van der Waals surface area (Å²) >= 11 is 0. The van der Waals surface area contributed by atoms with Crippen LogP contribution in [0.5, 0.6) is 0 Å². The lowest BCUT2D eigenvalue weighted by atomic mass is 10.1. The Kier molecular flexibility index (Phi) is 6.56. The van der Waals surface area contributed by atoms with Crippen molar-refractivity contribution in [2.75, 3.05) is 32.7 Å². The van der Waals surface area contributed by atoms with Crippen LogP contribution in [0, 0.1) is 0 Å². The van der Waals surface area contributed by atoms with Gasteiger partial charge in [0, 0.05) is 38.6 Å². The molecule has 1 atom stereocenters. The van der Waals surface area contributed by atoms with Crippen LogP contribution in [0.3, 0.4) is 0 Å². The monoisotopic (exact) mass is 397 g/mol. The highest BCUT2D eigenvalue weighted by molar-refractivity contribution is 5.78. The molecule has 2 heterocycles. The average molecular weight is 398 g/mol. The second-order valence-electron chi connectivity index (χ2n) is 8.25. The Hall–Kier alpha value is -2.25. The summed E-state index contributed by atoms with van der Waals surface area (Å²) in [5.41, 5.74) is 1.18. The quantitative estimate of drug-likeness (QED) is 0.773. The molecule has 7 heteroatoms. The molecular formula is C22H31N5O2. The van der Waals surface area contributed by atoms with Gasteiger partial charge in [-0.05, 0) is 25.3 Å². The molecule has 1 aromatic heterocycles. The summed E-state index contributed by atoms with van der Waals surface area (Å²) in [5.74, 6) is 1.56. The summed E-state index contributed by atoms with van der Waals surface area (Å²) in [6.45, 7) is 6.17. The highest BCUT2D eigenvalue weighted by Crippen LogP contribution is 2.21. The molecular weight excluding hydrogens is 366 g/mol. The zero-order valence-electron chi connectivity index (χ0n) is 17.2. The van der Waals surface area contributed by atoms with E-state index in [2.05, 4.69) is 44.3 Å². The summed E-state index contributed by atoms with van der Waals surface area (Å²) in [5, 5.41) is 7.34. The Morgan fingerprint density at radius 2 is 1.90 bits per heavy atom. The van der Waals surface area contributed by atoms with Crippen LogP contribution >= 0.6 is 0 Å². The van der Waals surface area contributed by atoms with Gasteiger partial charge in [-0.1, -0.05) is 48.3 Å². The SMILES string of the molecule is C[C@@H](c1nc(Cc2ccccc2)no1)N1CCN(CC(=O)NC2CCCC2)CC1. The van der Waals surface area contributed by atoms with Gasteiger partial charge in [-0.25, -0.2) is 0 Å². The van der Waals surface area contributed by atoms with E-state index < -0.39 is 0 Å². The molecule has 1 amide bonds. The third-order valence-corrected chi connectivity index (χ3v) is 6.09. The van der Waals surface area contributed by atoms with Crippen LogP contribution in [0.4, 0.5) is 0 Å². The third kappa shape index (κ3) is 5.42. The number of carbonyl (C=O) groups is 1. The highest BCUT2D eigenvalue weighted by atomic mass is 16.5. The fourth-order valence-corrected chi connectivity index (χ4v) is 4.30. The average Bonchev–Trinajstić information content (AvgIpc) is 3.41. The molecule has 0 spiro atoms. The van der Waals surface area contributed by atoms with Crippen LogP contribution in [0.2, 0.25) is 0 Å². The molecule has 1 N–H and O–H groups in total. The first-order valence-electron chi connectivity index (χ1n) is 10.8. The van der Waals surface area contributed by atoms with Crippen LogP contribution in [0.25, 0.3) is 0 Å². The van der Waals surface area contributed by atoms with Crippen LogP contribution < -0.4 is 5.32 Å². The summed E-state index contributed by atoms with van der Waals surface area (Å²) in [6, 6.07) is 10.7. The standard InChI is InChI=1S/C22H31N5O2/c1-17(22-24-20(25-29-22)15-18-7-3-2-4-8-18)27-13-11-26(12-14-27)16-21(28)23-19-9-5-6-10-19/h2-4,7-8,17,19H,5-6,9-16H2,1H3,(H,23,28)/t17-/m0/s1. The van der Waals surface area contributed by atoms with Gasteiger partial charge < -0.3 is 9.84 Å². The van der Waals surface area contributed by atoms with Crippen molar-refractivity contribution < 1.29 is 9.32 Å². The largest absolute Gasteiger partial charge is 0.352 e. The lowest BCUT2D eigenvalue weighted by Gasteiger charge is -2.36. The number of aromatic nitrogens is 2. The van der Waals surface area contributed by atoms with Crippen molar-refractivity contribution in [3.8, 4) is 0 Å². The smallest absolute Gasteiger partial charge is 0.243 e. The van der Waals surface area contributed by atoms with Gasteiger partial charge in [-0.3, -0.25) is 14.6 Å². The van der Waals surface area contributed by atoms with Crippen LogP contribution in [-0.2, 0) is 11.2 Å². The Bertz CT molecular complexity index is 780. The first-order valence-corrected chi connectivity index (χ1v) is 10.8. The Morgan fingerprint density at radius 3 is 2.62 bits per heavy atom. The number of rotatable bonds is 7. The molecule has 4 rings (SSSR count). The van der Waals surface area contributed by atoms with Gasteiger partial charge in [0.25, 0.3) is 0 Å². The molecule has 1 saturated heterocycles. The fourth-order valence-electron chi connectivity index (χ4n) is 4.30. The molecule has 0 unspecified atom stereocenters. The molecule has 1 aliphatic carbocycles. The highest BCUT2D eigenvalue weighted by Gasteiger charge is 2.27. The van der Waals surface area contributed by atoms with Crippen molar-refractivity contribution in [2.24, 2.45) is 0 Å². The van der Waals surface area contributed by atoms with E-state index in [0.29, 0.717) is 24.9 Å². The fraction of sp³-hybridized carbons (Fsp3) is 0.591. The summed E-state index contributed by atoms with van der Waals surface area (Å²) in [7, 11) is 0. The number of nitrogens with one attached hydrogen (secondary N) is 1. The molecule has 0 radical (unpaired) electrons. The second kappa shape index (κ2) is 9.50. The van der Waals surface area contributed by atoms with E-state index in [9.17, 15) is 4.79 Å². The van der Waals surface area contributed by atoms with E-state index in [-0.39, 0.29) is 11.9 Å². The number of hydrogen-bond acceptors (Lipinski definition) is 6. The van der Waals surface area contributed by atoms with Crippen molar-refractivity contribution in [1.29, 1.82) is 0 Å². The molecule has 2 aliphatic rings. The Labute approximate surface area is 172 Å². The molecule has 2 aromatic rings.